The van der Waals surface area contributed by atoms with Crippen LogP contribution in [0, 0.1) is 5.82 Å². The molecule has 0 atom stereocenters. The van der Waals surface area contributed by atoms with Gasteiger partial charge in [0.05, 0.1) is 11.3 Å². The Labute approximate surface area is 142 Å². The number of nitrogens with one attached hydrogen (secondary N) is 1. The summed E-state index contributed by atoms with van der Waals surface area (Å²) in [5.74, 6) is -0.329. The van der Waals surface area contributed by atoms with Crippen LogP contribution in [0.5, 0.6) is 0 Å². The molecule has 0 saturated heterocycles. The van der Waals surface area contributed by atoms with E-state index in [9.17, 15) is 14.0 Å². The van der Waals surface area contributed by atoms with E-state index < -0.39 is 11.7 Å². The maximum Gasteiger partial charge on any atom is 0.251 e. The summed E-state index contributed by atoms with van der Waals surface area (Å²) in [4.78, 5) is 24.1. The molecular weight excluding hydrogens is 327 g/mol. The van der Waals surface area contributed by atoms with Gasteiger partial charge in [0.2, 0.25) is 17.7 Å². The van der Waals surface area contributed by atoms with Crippen molar-refractivity contribution in [3.05, 3.63) is 64.7 Å². The van der Waals surface area contributed by atoms with Gasteiger partial charge in [-0.15, -0.1) is 10.2 Å². The summed E-state index contributed by atoms with van der Waals surface area (Å²) in [6.45, 7) is 1.61. The van der Waals surface area contributed by atoms with E-state index in [1.165, 1.54) is 35.0 Å². The predicted octanol–water partition coefficient (Wildman–Crippen LogP) is 2.24. The molecule has 2 aromatic heterocycles. The fourth-order valence-corrected chi connectivity index (χ4v) is 2.20. The SMILES string of the molecule is CCc1nnc(-c2ccc(=O)n(CC(=O)Nc3ccccc3F)c2)o1. The number of pyridine rings is 1. The lowest BCUT2D eigenvalue weighted by atomic mass is 10.2. The van der Waals surface area contributed by atoms with Crippen LogP contribution in [-0.2, 0) is 17.8 Å². The molecule has 1 amide bonds. The van der Waals surface area contributed by atoms with Gasteiger partial charge in [0.15, 0.2) is 0 Å². The molecule has 0 bridgehead atoms. The molecule has 0 aliphatic carbocycles. The van der Waals surface area contributed by atoms with E-state index in [0.717, 1.165) is 0 Å². The van der Waals surface area contributed by atoms with Crippen molar-refractivity contribution >= 4 is 11.6 Å². The average Bonchev–Trinajstić information content (AvgIpc) is 3.08. The van der Waals surface area contributed by atoms with Crippen molar-refractivity contribution in [1.82, 2.24) is 14.8 Å². The Balaban J connectivity index is 1.80. The minimum atomic E-state index is -0.546. The molecular formula is C17H15FN4O3. The Kier molecular flexibility index (Phi) is 4.69. The zero-order valence-electron chi connectivity index (χ0n) is 13.4. The van der Waals surface area contributed by atoms with Gasteiger partial charge in [0.25, 0.3) is 5.56 Å². The number of anilines is 1. The quantitative estimate of drug-likeness (QED) is 0.768. The fraction of sp³-hybridized carbons (Fsp3) is 0.176. The van der Waals surface area contributed by atoms with E-state index in [2.05, 4.69) is 15.5 Å². The Hall–Kier alpha value is -3.29. The second kappa shape index (κ2) is 7.08. The van der Waals surface area contributed by atoms with E-state index >= 15 is 0 Å². The number of nitrogens with zero attached hydrogens (tertiary/aromatic N) is 3. The van der Waals surface area contributed by atoms with Crippen LogP contribution in [-0.4, -0.2) is 20.7 Å². The van der Waals surface area contributed by atoms with E-state index in [4.69, 9.17) is 4.42 Å². The molecule has 0 saturated carbocycles. The molecule has 0 unspecified atom stereocenters. The van der Waals surface area contributed by atoms with Crippen LogP contribution < -0.4 is 10.9 Å². The average molecular weight is 342 g/mol. The predicted molar refractivity (Wildman–Crippen MR) is 88.4 cm³/mol. The first-order chi connectivity index (χ1) is 12.1. The number of carbonyl (C=O) groups is 1. The third kappa shape index (κ3) is 3.79. The summed E-state index contributed by atoms with van der Waals surface area (Å²) in [6, 6.07) is 8.66. The summed E-state index contributed by atoms with van der Waals surface area (Å²) in [7, 11) is 0. The van der Waals surface area contributed by atoms with Gasteiger partial charge in [0.1, 0.15) is 12.4 Å². The second-order valence-electron chi connectivity index (χ2n) is 5.27. The van der Waals surface area contributed by atoms with E-state index in [0.29, 0.717) is 17.9 Å². The van der Waals surface area contributed by atoms with Gasteiger partial charge in [-0.3, -0.25) is 9.59 Å². The molecule has 3 rings (SSSR count). The molecule has 1 N–H and O–H groups in total. The Morgan fingerprint density at radius 2 is 2.04 bits per heavy atom. The molecule has 1 aromatic carbocycles. The maximum atomic E-state index is 13.6. The number of hydrogen-bond donors (Lipinski definition) is 1. The van der Waals surface area contributed by atoms with Crippen LogP contribution in [0.2, 0.25) is 0 Å². The molecule has 0 radical (unpaired) electrons. The van der Waals surface area contributed by atoms with Crippen LogP contribution in [0.4, 0.5) is 10.1 Å². The smallest absolute Gasteiger partial charge is 0.251 e. The molecule has 2 heterocycles. The standard InChI is InChI=1S/C17H15FN4O3/c1-2-15-20-21-17(25-15)11-7-8-16(24)22(9-11)10-14(23)19-13-6-4-3-5-12(13)18/h3-9H,2,10H2,1H3,(H,19,23). The van der Waals surface area contributed by atoms with Gasteiger partial charge < -0.3 is 14.3 Å². The number of para-hydroxylation sites is 1. The number of aromatic nitrogens is 3. The number of amides is 1. The highest BCUT2D eigenvalue weighted by Crippen LogP contribution is 2.16. The Morgan fingerprint density at radius 3 is 2.76 bits per heavy atom. The van der Waals surface area contributed by atoms with Gasteiger partial charge in [-0.05, 0) is 18.2 Å². The first kappa shape index (κ1) is 16.6. The number of hydrogen-bond acceptors (Lipinski definition) is 5. The van der Waals surface area contributed by atoms with Gasteiger partial charge in [-0.25, -0.2) is 4.39 Å². The lowest BCUT2D eigenvalue weighted by Gasteiger charge is -2.08. The molecule has 8 heteroatoms. The van der Waals surface area contributed by atoms with Gasteiger partial charge in [-0.1, -0.05) is 19.1 Å². The normalized spacial score (nSPS) is 10.6. The zero-order chi connectivity index (χ0) is 17.8. The molecule has 128 valence electrons. The minimum Gasteiger partial charge on any atom is -0.421 e. The molecule has 0 spiro atoms. The Bertz CT molecular complexity index is 964. The first-order valence-corrected chi connectivity index (χ1v) is 7.64. The summed E-state index contributed by atoms with van der Waals surface area (Å²) in [5, 5.41) is 10.2. The molecule has 0 fully saturated rings. The number of halogens is 1. The number of benzene rings is 1. The fourth-order valence-electron chi connectivity index (χ4n) is 2.20. The van der Waals surface area contributed by atoms with Crippen molar-refractivity contribution in [3.8, 4) is 11.5 Å². The van der Waals surface area contributed by atoms with Crippen molar-refractivity contribution in [2.24, 2.45) is 0 Å². The highest BCUT2D eigenvalue weighted by molar-refractivity contribution is 5.90. The van der Waals surface area contributed by atoms with Crippen LogP contribution in [0.25, 0.3) is 11.5 Å². The highest BCUT2D eigenvalue weighted by atomic mass is 19.1. The summed E-state index contributed by atoms with van der Waals surface area (Å²) < 4.78 is 20.2. The van der Waals surface area contributed by atoms with Crippen molar-refractivity contribution < 1.29 is 13.6 Å². The number of rotatable bonds is 5. The third-order valence-corrected chi connectivity index (χ3v) is 3.46. The van der Waals surface area contributed by atoms with Crippen molar-refractivity contribution in [1.29, 1.82) is 0 Å². The molecule has 25 heavy (non-hydrogen) atoms. The van der Waals surface area contributed by atoms with E-state index in [-0.39, 0.29) is 23.7 Å². The lowest BCUT2D eigenvalue weighted by molar-refractivity contribution is -0.116. The van der Waals surface area contributed by atoms with Crippen LogP contribution in [0.15, 0.2) is 51.8 Å². The molecule has 7 nitrogen and oxygen atoms in total. The lowest BCUT2D eigenvalue weighted by Crippen LogP contribution is -2.27. The largest absolute Gasteiger partial charge is 0.421 e. The summed E-state index contributed by atoms with van der Waals surface area (Å²) >= 11 is 0. The summed E-state index contributed by atoms with van der Waals surface area (Å²) in [6.07, 6.45) is 2.05. The molecule has 0 aliphatic rings. The van der Waals surface area contributed by atoms with Gasteiger partial charge in [-0.2, -0.15) is 0 Å². The highest BCUT2D eigenvalue weighted by Gasteiger charge is 2.12. The van der Waals surface area contributed by atoms with Gasteiger partial charge >= 0.3 is 0 Å². The van der Waals surface area contributed by atoms with Gasteiger partial charge in [0, 0.05) is 18.7 Å². The maximum absolute atomic E-state index is 13.6. The van der Waals surface area contributed by atoms with Crippen LogP contribution in [0.1, 0.15) is 12.8 Å². The van der Waals surface area contributed by atoms with Crippen LogP contribution >= 0.6 is 0 Å². The van der Waals surface area contributed by atoms with Crippen molar-refractivity contribution in [2.75, 3.05) is 5.32 Å². The number of carbonyl (C=O) groups excluding carboxylic acids is 1. The van der Waals surface area contributed by atoms with E-state index in [1.54, 1.807) is 12.1 Å². The topological polar surface area (TPSA) is 90.0 Å². The van der Waals surface area contributed by atoms with E-state index in [1.807, 2.05) is 6.92 Å². The van der Waals surface area contributed by atoms with Crippen LogP contribution in [0.3, 0.4) is 0 Å². The number of aryl methyl sites for hydroxylation is 1. The third-order valence-electron chi connectivity index (χ3n) is 3.46. The zero-order valence-corrected chi connectivity index (χ0v) is 13.4. The first-order valence-electron chi connectivity index (χ1n) is 7.64. The van der Waals surface area contributed by atoms with Crippen molar-refractivity contribution in [2.45, 2.75) is 19.9 Å². The monoisotopic (exact) mass is 342 g/mol. The van der Waals surface area contributed by atoms with Crippen molar-refractivity contribution in [3.63, 3.8) is 0 Å². The summed E-state index contributed by atoms with van der Waals surface area (Å²) in [5.41, 5.74) is 0.203. The Morgan fingerprint density at radius 1 is 1.24 bits per heavy atom. The molecule has 0 aliphatic heterocycles. The second-order valence-corrected chi connectivity index (χ2v) is 5.27. The minimum absolute atomic E-state index is 0.0567. The molecule has 3 aromatic rings.